The minimum atomic E-state index is 0.729. The van der Waals surface area contributed by atoms with E-state index in [1.807, 2.05) is 12.1 Å². The van der Waals surface area contributed by atoms with Gasteiger partial charge in [-0.15, -0.1) is 0 Å². The monoisotopic (exact) mass is 287 g/mol. The first-order chi connectivity index (χ1) is 9.63. The SMILES string of the molecule is Cc1ccc(NCc2cc(Cl)cc3c2OCC3)c(C)c1. The molecule has 0 aromatic heterocycles. The van der Waals surface area contributed by atoms with Crippen LogP contribution < -0.4 is 10.1 Å². The lowest BCUT2D eigenvalue weighted by Gasteiger charge is -2.13. The highest BCUT2D eigenvalue weighted by atomic mass is 35.5. The molecule has 2 aromatic carbocycles. The third-order valence-corrected chi connectivity index (χ3v) is 3.89. The Bertz CT molecular complexity index is 652. The minimum Gasteiger partial charge on any atom is -0.493 e. The van der Waals surface area contributed by atoms with Crippen LogP contribution in [0, 0.1) is 13.8 Å². The second-order valence-corrected chi connectivity index (χ2v) is 5.76. The zero-order valence-corrected chi connectivity index (χ0v) is 12.6. The van der Waals surface area contributed by atoms with Gasteiger partial charge in [-0.05, 0) is 43.2 Å². The van der Waals surface area contributed by atoms with E-state index in [0.717, 1.165) is 41.6 Å². The van der Waals surface area contributed by atoms with Crippen molar-refractivity contribution in [1.29, 1.82) is 0 Å². The van der Waals surface area contributed by atoms with E-state index in [-0.39, 0.29) is 0 Å². The van der Waals surface area contributed by atoms with Gasteiger partial charge in [-0.2, -0.15) is 0 Å². The highest BCUT2D eigenvalue weighted by Crippen LogP contribution is 2.33. The zero-order chi connectivity index (χ0) is 14.1. The zero-order valence-electron chi connectivity index (χ0n) is 11.8. The molecule has 1 aliphatic rings. The highest BCUT2D eigenvalue weighted by Gasteiger charge is 2.17. The summed E-state index contributed by atoms with van der Waals surface area (Å²) in [6, 6.07) is 10.4. The summed E-state index contributed by atoms with van der Waals surface area (Å²) in [5, 5.41) is 4.26. The molecule has 2 aromatic rings. The van der Waals surface area contributed by atoms with Crippen LogP contribution in [0.2, 0.25) is 5.02 Å². The molecule has 1 N–H and O–H groups in total. The number of rotatable bonds is 3. The molecule has 0 aliphatic carbocycles. The first kappa shape index (κ1) is 13.3. The Kier molecular flexibility index (Phi) is 3.58. The standard InChI is InChI=1S/C17H18ClNO/c1-11-3-4-16(12(2)7-11)19-10-14-9-15(18)8-13-5-6-20-17(13)14/h3-4,7-9,19H,5-6,10H2,1-2H3. The van der Waals surface area contributed by atoms with Gasteiger partial charge in [0.15, 0.2) is 0 Å². The van der Waals surface area contributed by atoms with Crippen molar-refractivity contribution in [1.82, 2.24) is 0 Å². The van der Waals surface area contributed by atoms with Crippen LogP contribution in [0.1, 0.15) is 22.3 Å². The molecule has 1 heterocycles. The molecule has 0 spiro atoms. The molecule has 0 fully saturated rings. The van der Waals surface area contributed by atoms with Gasteiger partial charge in [0.25, 0.3) is 0 Å². The fourth-order valence-corrected chi connectivity index (χ4v) is 2.94. The largest absolute Gasteiger partial charge is 0.493 e. The Labute approximate surface area is 124 Å². The van der Waals surface area contributed by atoms with Gasteiger partial charge in [0.05, 0.1) is 6.61 Å². The van der Waals surface area contributed by atoms with E-state index in [4.69, 9.17) is 16.3 Å². The summed E-state index contributed by atoms with van der Waals surface area (Å²) >= 11 is 6.18. The van der Waals surface area contributed by atoms with E-state index < -0.39 is 0 Å². The van der Waals surface area contributed by atoms with Gasteiger partial charge in [-0.25, -0.2) is 0 Å². The normalized spacial score (nSPS) is 12.9. The third-order valence-electron chi connectivity index (χ3n) is 3.68. The lowest BCUT2D eigenvalue weighted by atomic mass is 10.1. The van der Waals surface area contributed by atoms with E-state index in [0.29, 0.717) is 0 Å². The van der Waals surface area contributed by atoms with Crippen LogP contribution in [0.25, 0.3) is 0 Å². The fourth-order valence-electron chi connectivity index (χ4n) is 2.68. The Morgan fingerprint density at radius 1 is 1.20 bits per heavy atom. The number of fused-ring (bicyclic) bond motifs is 1. The third kappa shape index (κ3) is 2.61. The van der Waals surface area contributed by atoms with E-state index in [2.05, 4.69) is 37.4 Å². The summed E-state index contributed by atoms with van der Waals surface area (Å²) in [5.74, 6) is 1.01. The van der Waals surface area contributed by atoms with E-state index >= 15 is 0 Å². The Morgan fingerprint density at radius 2 is 2.05 bits per heavy atom. The quantitative estimate of drug-likeness (QED) is 0.897. The Morgan fingerprint density at radius 3 is 2.85 bits per heavy atom. The summed E-state index contributed by atoms with van der Waals surface area (Å²) in [4.78, 5) is 0. The molecule has 0 bridgehead atoms. The number of hydrogen-bond acceptors (Lipinski definition) is 2. The number of halogens is 1. The first-order valence-corrected chi connectivity index (χ1v) is 7.26. The van der Waals surface area contributed by atoms with Gasteiger partial charge < -0.3 is 10.1 Å². The summed E-state index contributed by atoms with van der Waals surface area (Å²) in [6.07, 6.45) is 0.951. The molecule has 104 valence electrons. The number of benzene rings is 2. The van der Waals surface area contributed by atoms with Crippen LogP contribution in [0.5, 0.6) is 5.75 Å². The lowest BCUT2D eigenvalue weighted by Crippen LogP contribution is -2.03. The minimum absolute atomic E-state index is 0.729. The van der Waals surface area contributed by atoms with E-state index in [1.54, 1.807) is 0 Å². The highest BCUT2D eigenvalue weighted by molar-refractivity contribution is 6.30. The topological polar surface area (TPSA) is 21.3 Å². The average molecular weight is 288 g/mol. The predicted molar refractivity (Wildman–Crippen MR) is 83.9 cm³/mol. The van der Waals surface area contributed by atoms with Gasteiger partial charge in [0.1, 0.15) is 5.75 Å². The number of aryl methyl sites for hydroxylation is 2. The van der Waals surface area contributed by atoms with Gasteiger partial charge >= 0.3 is 0 Å². The molecule has 0 atom stereocenters. The molecule has 0 unspecified atom stereocenters. The van der Waals surface area contributed by atoms with Crippen LogP contribution in [0.15, 0.2) is 30.3 Å². The van der Waals surface area contributed by atoms with Gasteiger partial charge in [0.2, 0.25) is 0 Å². The molecule has 0 radical (unpaired) electrons. The Balaban J connectivity index is 1.82. The smallest absolute Gasteiger partial charge is 0.127 e. The molecule has 3 rings (SSSR count). The number of nitrogens with one attached hydrogen (secondary N) is 1. The summed E-state index contributed by atoms with van der Waals surface area (Å²) in [5.41, 5.74) is 6.03. The van der Waals surface area contributed by atoms with E-state index in [9.17, 15) is 0 Å². The van der Waals surface area contributed by atoms with Crippen molar-refractivity contribution < 1.29 is 4.74 Å². The first-order valence-electron chi connectivity index (χ1n) is 6.89. The van der Waals surface area contributed by atoms with Crippen molar-refractivity contribution in [2.24, 2.45) is 0 Å². The van der Waals surface area contributed by atoms with Gasteiger partial charge in [0, 0.05) is 29.2 Å². The van der Waals surface area contributed by atoms with Crippen LogP contribution in [-0.4, -0.2) is 6.61 Å². The van der Waals surface area contributed by atoms with Crippen LogP contribution in [-0.2, 0) is 13.0 Å². The molecule has 2 nitrogen and oxygen atoms in total. The molecule has 0 saturated heterocycles. The van der Waals surface area contributed by atoms with Crippen LogP contribution in [0.3, 0.4) is 0 Å². The maximum atomic E-state index is 6.18. The second-order valence-electron chi connectivity index (χ2n) is 5.32. The second kappa shape index (κ2) is 5.37. The predicted octanol–water partition coefficient (Wildman–Crippen LogP) is 4.50. The summed E-state index contributed by atoms with van der Waals surface area (Å²) < 4.78 is 5.72. The molecule has 20 heavy (non-hydrogen) atoms. The maximum absolute atomic E-state index is 6.18. The maximum Gasteiger partial charge on any atom is 0.127 e. The van der Waals surface area contributed by atoms with Crippen molar-refractivity contribution in [2.45, 2.75) is 26.8 Å². The van der Waals surface area contributed by atoms with Crippen molar-refractivity contribution in [3.8, 4) is 5.75 Å². The van der Waals surface area contributed by atoms with Crippen LogP contribution >= 0.6 is 11.6 Å². The Hall–Kier alpha value is -1.67. The van der Waals surface area contributed by atoms with Gasteiger partial charge in [-0.1, -0.05) is 29.3 Å². The molecule has 3 heteroatoms. The van der Waals surface area contributed by atoms with Crippen molar-refractivity contribution in [3.63, 3.8) is 0 Å². The molecular weight excluding hydrogens is 270 g/mol. The van der Waals surface area contributed by atoms with Crippen molar-refractivity contribution in [2.75, 3.05) is 11.9 Å². The summed E-state index contributed by atoms with van der Waals surface area (Å²) in [7, 11) is 0. The summed E-state index contributed by atoms with van der Waals surface area (Å²) in [6.45, 7) is 5.71. The molecule has 1 aliphatic heterocycles. The number of hydrogen-bond donors (Lipinski definition) is 1. The number of ether oxygens (including phenoxy) is 1. The molecule has 0 saturated carbocycles. The van der Waals surface area contributed by atoms with Gasteiger partial charge in [-0.3, -0.25) is 0 Å². The molecular formula is C17H18ClNO. The number of anilines is 1. The lowest BCUT2D eigenvalue weighted by molar-refractivity contribution is 0.354. The van der Waals surface area contributed by atoms with Crippen molar-refractivity contribution in [3.05, 3.63) is 57.6 Å². The fraction of sp³-hybridized carbons (Fsp3) is 0.294. The van der Waals surface area contributed by atoms with Crippen molar-refractivity contribution >= 4 is 17.3 Å². The average Bonchev–Trinajstić information content (AvgIpc) is 2.85. The molecule has 0 amide bonds. The van der Waals surface area contributed by atoms with Crippen LogP contribution in [0.4, 0.5) is 5.69 Å². The van der Waals surface area contributed by atoms with E-state index in [1.165, 1.54) is 16.7 Å².